The van der Waals surface area contributed by atoms with E-state index in [4.69, 9.17) is 0 Å². The van der Waals surface area contributed by atoms with Crippen LogP contribution in [0.3, 0.4) is 0 Å². The third-order valence-corrected chi connectivity index (χ3v) is 3.79. The number of anilines is 1. The monoisotopic (exact) mass is 325 g/mol. The highest BCUT2D eigenvalue weighted by molar-refractivity contribution is 5.96. The van der Waals surface area contributed by atoms with Crippen molar-refractivity contribution in [3.8, 4) is 0 Å². The lowest BCUT2D eigenvalue weighted by Crippen LogP contribution is -2.39. The molecule has 0 saturated heterocycles. The van der Waals surface area contributed by atoms with Crippen molar-refractivity contribution in [3.63, 3.8) is 0 Å². The van der Waals surface area contributed by atoms with Crippen molar-refractivity contribution in [2.45, 2.75) is 19.9 Å². The summed E-state index contributed by atoms with van der Waals surface area (Å²) in [6, 6.07) is 14.7. The number of carbonyl (C=O) groups is 2. The number of carbonyl (C=O) groups excluding carboxylic acids is 2. The van der Waals surface area contributed by atoms with Gasteiger partial charge in [0.1, 0.15) is 6.04 Å². The molecule has 0 aliphatic rings. The van der Waals surface area contributed by atoms with E-state index in [1.807, 2.05) is 62.4 Å². The number of rotatable bonds is 6. The predicted octanol–water partition coefficient (Wildman–Crippen LogP) is 2.32. The van der Waals surface area contributed by atoms with E-state index in [-0.39, 0.29) is 18.4 Å². The minimum absolute atomic E-state index is 0.0658. The van der Waals surface area contributed by atoms with Crippen LogP contribution in [-0.4, -0.2) is 25.4 Å². The van der Waals surface area contributed by atoms with Crippen LogP contribution in [0, 0.1) is 13.8 Å². The first-order chi connectivity index (χ1) is 11.5. The van der Waals surface area contributed by atoms with Gasteiger partial charge in [-0.05, 0) is 36.6 Å². The highest BCUT2D eigenvalue weighted by atomic mass is 16.2. The SMILES string of the molecule is CNC(=O)CN[C@@H](C(=O)Nc1cc(C)ccc1C)c1ccccc1. The number of aryl methyl sites for hydroxylation is 2. The number of hydrogen-bond donors (Lipinski definition) is 3. The van der Waals surface area contributed by atoms with Gasteiger partial charge in [-0.3, -0.25) is 14.9 Å². The summed E-state index contributed by atoms with van der Waals surface area (Å²) in [5, 5.41) is 8.52. The maximum atomic E-state index is 12.8. The molecule has 2 amide bonds. The van der Waals surface area contributed by atoms with Crippen LogP contribution >= 0.6 is 0 Å². The van der Waals surface area contributed by atoms with Gasteiger partial charge < -0.3 is 10.6 Å². The van der Waals surface area contributed by atoms with Crippen LogP contribution < -0.4 is 16.0 Å². The van der Waals surface area contributed by atoms with Crippen molar-refractivity contribution >= 4 is 17.5 Å². The number of likely N-dealkylation sites (N-methyl/N-ethyl adjacent to an activating group) is 1. The lowest BCUT2D eigenvalue weighted by Gasteiger charge is -2.19. The Morgan fingerprint density at radius 2 is 1.75 bits per heavy atom. The fourth-order valence-electron chi connectivity index (χ4n) is 2.37. The third-order valence-electron chi connectivity index (χ3n) is 3.79. The van der Waals surface area contributed by atoms with E-state index < -0.39 is 6.04 Å². The molecule has 0 bridgehead atoms. The number of amides is 2. The second kappa shape index (κ2) is 8.26. The Balaban J connectivity index is 2.20. The van der Waals surface area contributed by atoms with Crippen LogP contribution in [0.5, 0.6) is 0 Å². The Morgan fingerprint density at radius 3 is 2.42 bits per heavy atom. The Kier molecular flexibility index (Phi) is 6.09. The summed E-state index contributed by atoms with van der Waals surface area (Å²) in [5.74, 6) is -0.366. The van der Waals surface area contributed by atoms with Crippen LogP contribution in [0.2, 0.25) is 0 Å². The van der Waals surface area contributed by atoms with E-state index in [0.717, 1.165) is 22.4 Å². The van der Waals surface area contributed by atoms with Gasteiger partial charge >= 0.3 is 0 Å². The van der Waals surface area contributed by atoms with Crippen LogP contribution in [0.25, 0.3) is 0 Å². The van der Waals surface area contributed by atoms with Crippen LogP contribution in [-0.2, 0) is 9.59 Å². The second-order valence-corrected chi connectivity index (χ2v) is 5.71. The van der Waals surface area contributed by atoms with Crippen molar-refractivity contribution in [2.24, 2.45) is 0 Å². The third kappa shape index (κ3) is 4.67. The zero-order valence-electron chi connectivity index (χ0n) is 14.2. The van der Waals surface area contributed by atoms with E-state index in [1.54, 1.807) is 7.05 Å². The summed E-state index contributed by atoms with van der Waals surface area (Å²) in [6.45, 7) is 3.99. The molecule has 0 aromatic heterocycles. The molecule has 0 aliphatic heterocycles. The average Bonchev–Trinajstić information content (AvgIpc) is 2.59. The van der Waals surface area contributed by atoms with Gasteiger partial charge in [0, 0.05) is 12.7 Å². The van der Waals surface area contributed by atoms with E-state index in [9.17, 15) is 9.59 Å². The fraction of sp³-hybridized carbons (Fsp3) is 0.263. The van der Waals surface area contributed by atoms with Crippen molar-refractivity contribution in [2.75, 3.05) is 18.9 Å². The van der Waals surface area contributed by atoms with Gasteiger partial charge in [-0.2, -0.15) is 0 Å². The van der Waals surface area contributed by atoms with E-state index in [0.29, 0.717) is 0 Å². The quantitative estimate of drug-likeness (QED) is 0.763. The Labute approximate surface area is 142 Å². The smallest absolute Gasteiger partial charge is 0.246 e. The first kappa shape index (κ1) is 17.7. The molecule has 2 aromatic carbocycles. The summed E-state index contributed by atoms with van der Waals surface area (Å²) in [4.78, 5) is 24.3. The molecular formula is C19H23N3O2. The minimum Gasteiger partial charge on any atom is -0.358 e. The Hall–Kier alpha value is -2.66. The molecule has 2 rings (SSSR count). The molecule has 5 nitrogen and oxygen atoms in total. The first-order valence-corrected chi connectivity index (χ1v) is 7.88. The lowest BCUT2D eigenvalue weighted by molar-refractivity contribution is -0.120. The summed E-state index contributed by atoms with van der Waals surface area (Å²) in [5.41, 5.74) is 3.66. The number of nitrogens with one attached hydrogen (secondary N) is 3. The molecule has 0 radical (unpaired) electrons. The first-order valence-electron chi connectivity index (χ1n) is 7.88. The molecule has 0 saturated carbocycles. The summed E-state index contributed by atoms with van der Waals surface area (Å²) >= 11 is 0. The predicted molar refractivity (Wildman–Crippen MR) is 95.8 cm³/mol. The zero-order chi connectivity index (χ0) is 17.5. The molecule has 5 heteroatoms. The highest BCUT2D eigenvalue weighted by Crippen LogP contribution is 2.20. The second-order valence-electron chi connectivity index (χ2n) is 5.71. The largest absolute Gasteiger partial charge is 0.358 e. The van der Waals surface area contributed by atoms with E-state index in [2.05, 4.69) is 16.0 Å². The lowest BCUT2D eigenvalue weighted by atomic mass is 10.1. The molecule has 2 aromatic rings. The number of benzene rings is 2. The van der Waals surface area contributed by atoms with Crippen LogP contribution in [0.15, 0.2) is 48.5 Å². The van der Waals surface area contributed by atoms with Gasteiger partial charge in [0.2, 0.25) is 11.8 Å². The molecule has 0 spiro atoms. The summed E-state index contributed by atoms with van der Waals surface area (Å²) in [7, 11) is 1.57. The topological polar surface area (TPSA) is 70.2 Å². The van der Waals surface area contributed by atoms with Gasteiger partial charge in [-0.1, -0.05) is 42.5 Å². The Morgan fingerprint density at radius 1 is 1.04 bits per heavy atom. The number of hydrogen-bond acceptors (Lipinski definition) is 3. The molecule has 24 heavy (non-hydrogen) atoms. The molecule has 126 valence electrons. The fourth-order valence-corrected chi connectivity index (χ4v) is 2.37. The molecule has 3 N–H and O–H groups in total. The maximum absolute atomic E-state index is 12.8. The normalized spacial score (nSPS) is 11.6. The van der Waals surface area contributed by atoms with E-state index >= 15 is 0 Å². The van der Waals surface area contributed by atoms with Gasteiger partial charge in [0.25, 0.3) is 0 Å². The van der Waals surface area contributed by atoms with Crippen molar-refractivity contribution in [1.82, 2.24) is 10.6 Å². The zero-order valence-corrected chi connectivity index (χ0v) is 14.2. The van der Waals surface area contributed by atoms with Gasteiger partial charge in [-0.25, -0.2) is 0 Å². The van der Waals surface area contributed by atoms with Crippen molar-refractivity contribution in [1.29, 1.82) is 0 Å². The van der Waals surface area contributed by atoms with Crippen molar-refractivity contribution in [3.05, 3.63) is 65.2 Å². The average molecular weight is 325 g/mol. The highest BCUT2D eigenvalue weighted by Gasteiger charge is 2.21. The standard InChI is InChI=1S/C19H23N3O2/c1-13-9-10-14(2)16(11-13)22-19(24)18(21-12-17(23)20-3)15-7-5-4-6-8-15/h4-11,18,21H,12H2,1-3H3,(H,20,23)(H,22,24)/t18-/m1/s1. The molecule has 0 fully saturated rings. The summed E-state index contributed by atoms with van der Waals surface area (Å²) < 4.78 is 0. The summed E-state index contributed by atoms with van der Waals surface area (Å²) in [6.07, 6.45) is 0. The Bertz CT molecular complexity index is 714. The molecule has 0 unspecified atom stereocenters. The van der Waals surface area contributed by atoms with Crippen molar-refractivity contribution < 1.29 is 9.59 Å². The van der Waals surface area contributed by atoms with E-state index in [1.165, 1.54) is 0 Å². The van der Waals surface area contributed by atoms with Gasteiger partial charge in [0.15, 0.2) is 0 Å². The van der Waals surface area contributed by atoms with Gasteiger partial charge in [0.05, 0.1) is 6.54 Å². The molecule has 0 aliphatic carbocycles. The van der Waals surface area contributed by atoms with Gasteiger partial charge in [-0.15, -0.1) is 0 Å². The minimum atomic E-state index is -0.608. The van der Waals surface area contributed by atoms with Crippen LogP contribution in [0.4, 0.5) is 5.69 Å². The maximum Gasteiger partial charge on any atom is 0.246 e. The molecule has 1 atom stereocenters. The van der Waals surface area contributed by atoms with Crippen LogP contribution in [0.1, 0.15) is 22.7 Å². The molecule has 0 heterocycles. The molecular weight excluding hydrogens is 302 g/mol.